The standard InChI is InChI=1S/C16H19N3S.2ClH/c1-18(2)11-6-12-19-13-7-3-4-8-14(13)20-15-9-5-10-17-16(15)19;;/h3-5,7-10H,6,11-12H2,1-2H3;2*1H. The molecule has 0 atom stereocenters. The second kappa shape index (κ2) is 8.63. The SMILES string of the molecule is CN(C)CCCN1c2ccccc2Sc2cccnc21.Cl.Cl. The number of benzene rings is 1. The highest BCUT2D eigenvalue weighted by atomic mass is 35.5. The first-order valence-electron chi connectivity index (χ1n) is 6.90. The summed E-state index contributed by atoms with van der Waals surface area (Å²) in [6.07, 6.45) is 3.01. The summed E-state index contributed by atoms with van der Waals surface area (Å²) in [5.41, 5.74) is 1.28. The molecule has 120 valence electrons. The zero-order chi connectivity index (χ0) is 13.9. The molecule has 0 bridgehead atoms. The predicted molar refractivity (Wildman–Crippen MR) is 99.5 cm³/mol. The molecule has 2 heterocycles. The summed E-state index contributed by atoms with van der Waals surface area (Å²) < 4.78 is 0. The molecule has 6 heteroatoms. The minimum atomic E-state index is 0. The van der Waals surface area contributed by atoms with Crippen molar-refractivity contribution in [2.45, 2.75) is 16.2 Å². The maximum absolute atomic E-state index is 4.59. The number of nitrogens with zero attached hydrogens (tertiary/aromatic N) is 3. The number of pyridine rings is 1. The molecule has 1 aliphatic rings. The Bertz CT molecular complexity index is 562. The smallest absolute Gasteiger partial charge is 0.147 e. The summed E-state index contributed by atoms with van der Waals surface area (Å²) in [4.78, 5) is 11.7. The third-order valence-corrected chi connectivity index (χ3v) is 4.47. The van der Waals surface area contributed by atoms with Crippen LogP contribution in [0.15, 0.2) is 52.4 Å². The maximum Gasteiger partial charge on any atom is 0.147 e. The molecular weight excluding hydrogens is 337 g/mol. The molecule has 0 unspecified atom stereocenters. The van der Waals surface area contributed by atoms with Crippen molar-refractivity contribution in [1.82, 2.24) is 9.88 Å². The molecule has 0 saturated heterocycles. The highest BCUT2D eigenvalue weighted by Gasteiger charge is 2.23. The highest BCUT2D eigenvalue weighted by molar-refractivity contribution is 7.99. The van der Waals surface area contributed by atoms with Gasteiger partial charge in [-0.3, -0.25) is 0 Å². The van der Waals surface area contributed by atoms with E-state index < -0.39 is 0 Å². The first-order chi connectivity index (χ1) is 9.75. The first-order valence-corrected chi connectivity index (χ1v) is 7.71. The van der Waals surface area contributed by atoms with E-state index >= 15 is 0 Å². The average molecular weight is 358 g/mol. The van der Waals surface area contributed by atoms with Crippen LogP contribution < -0.4 is 4.90 Å². The fraction of sp³-hybridized carbons (Fsp3) is 0.312. The summed E-state index contributed by atoms with van der Waals surface area (Å²) in [5.74, 6) is 1.09. The molecule has 0 aliphatic carbocycles. The van der Waals surface area contributed by atoms with Crippen LogP contribution >= 0.6 is 36.6 Å². The van der Waals surface area contributed by atoms with Crippen LogP contribution in [0.4, 0.5) is 11.5 Å². The van der Waals surface area contributed by atoms with Gasteiger partial charge in [0, 0.05) is 17.6 Å². The second-order valence-corrected chi connectivity index (χ2v) is 6.29. The van der Waals surface area contributed by atoms with Crippen LogP contribution in [-0.2, 0) is 0 Å². The topological polar surface area (TPSA) is 19.4 Å². The molecule has 0 amide bonds. The van der Waals surface area contributed by atoms with Crippen LogP contribution in [-0.4, -0.2) is 37.1 Å². The van der Waals surface area contributed by atoms with Crippen LogP contribution in [0.3, 0.4) is 0 Å². The van der Waals surface area contributed by atoms with Crippen LogP contribution in [0.2, 0.25) is 0 Å². The van der Waals surface area contributed by atoms with Gasteiger partial charge in [-0.15, -0.1) is 24.8 Å². The molecule has 0 fully saturated rings. The molecule has 1 aromatic heterocycles. The predicted octanol–water partition coefficient (Wildman–Crippen LogP) is 4.48. The Balaban J connectivity index is 0.00000121. The van der Waals surface area contributed by atoms with E-state index in [0.717, 1.165) is 25.3 Å². The minimum Gasteiger partial charge on any atom is -0.324 e. The van der Waals surface area contributed by atoms with Gasteiger partial charge in [-0.2, -0.15) is 0 Å². The van der Waals surface area contributed by atoms with Crippen LogP contribution in [0, 0.1) is 0 Å². The van der Waals surface area contributed by atoms with Crippen molar-refractivity contribution < 1.29 is 0 Å². The molecule has 3 nitrogen and oxygen atoms in total. The van der Waals surface area contributed by atoms with Gasteiger partial charge >= 0.3 is 0 Å². The zero-order valence-electron chi connectivity index (χ0n) is 12.7. The van der Waals surface area contributed by atoms with Crippen LogP contribution in [0.5, 0.6) is 0 Å². The van der Waals surface area contributed by atoms with Crippen molar-refractivity contribution in [3.63, 3.8) is 0 Å². The highest BCUT2D eigenvalue weighted by Crippen LogP contribution is 2.46. The number of aromatic nitrogens is 1. The third-order valence-electron chi connectivity index (χ3n) is 3.37. The van der Waals surface area contributed by atoms with E-state index in [4.69, 9.17) is 0 Å². The summed E-state index contributed by atoms with van der Waals surface area (Å²) in [7, 11) is 4.23. The lowest BCUT2D eigenvalue weighted by molar-refractivity contribution is 0.402. The van der Waals surface area contributed by atoms with Crippen molar-refractivity contribution in [1.29, 1.82) is 0 Å². The van der Waals surface area contributed by atoms with E-state index in [2.05, 4.69) is 59.2 Å². The molecule has 0 saturated carbocycles. The number of fused-ring (bicyclic) bond motifs is 2. The number of para-hydroxylation sites is 1. The Morgan fingerprint density at radius 2 is 1.77 bits per heavy atom. The van der Waals surface area contributed by atoms with Gasteiger partial charge in [0.1, 0.15) is 5.82 Å². The van der Waals surface area contributed by atoms with Crippen molar-refractivity contribution in [2.24, 2.45) is 0 Å². The minimum absolute atomic E-state index is 0. The quantitative estimate of drug-likeness (QED) is 0.802. The Kier molecular flexibility index (Phi) is 7.49. The summed E-state index contributed by atoms with van der Waals surface area (Å²) in [6, 6.07) is 12.8. The summed E-state index contributed by atoms with van der Waals surface area (Å²) in [5, 5.41) is 0. The van der Waals surface area contributed by atoms with E-state index in [1.54, 1.807) is 0 Å². The number of halogens is 2. The Hall–Kier alpha value is -0.940. The molecule has 0 N–H and O–H groups in total. The van der Waals surface area contributed by atoms with Gasteiger partial charge in [-0.25, -0.2) is 4.98 Å². The van der Waals surface area contributed by atoms with E-state index in [0.29, 0.717) is 0 Å². The van der Waals surface area contributed by atoms with Gasteiger partial charge in [0.2, 0.25) is 0 Å². The lowest BCUT2D eigenvalue weighted by Crippen LogP contribution is -2.26. The molecule has 1 aromatic carbocycles. The average Bonchev–Trinajstić information content (AvgIpc) is 2.46. The molecule has 3 rings (SSSR count). The molecule has 22 heavy (non-hydrogen) atoms. The van der Waals surface area contributed by atoms with E-state index in [-0.39, 0.29) is 24.8 Å². The van der Waals surface area contributed by atoms with Crippen LogP contribution in [0.1, 0.15) is 6.42 Å². The molecule has 0 radical (unpaired) electrons. The normalized spacial score (nSPS) is 12.0. The Labute approximate surface area is 148 Å². The van der Waals surface area contributed by atoms with Crippen molar-refractivity contribution in [2.75, 3.05) is 32.1 Å². The number of anilines is 2. The van der Waals surface area contributed by atoms with Crippen LogP contribution in [0.25, 0.3) is 0 Å². The maximum atomic E-state index is 4.59. The van der Waals surface area contributed by atoms with E-state index in [9.17, 15) is 0 Å². The Morgan fingerprint density at radius 1 is 1.05 bits per heavy atom. The van der Waals surface area contributed by atoms with Gasteiger partial charge in [0.05, 0.1) is 10.6 Å². The number of rotatable bonds is 4. The van der Waals surface area contributed by atoms with E-state index in [1.807, 2.05) is 24.0 Å². The Morgan fingerprint density at radius 3 is 2.55 bits per heavy atom. The molecule has 1 aliphatic heterocycles. The second-order valence-electron chi connectivity index (χ2n) is 5.20. The van der Waals surface area contributed by atoms with Crippen molar-refractivity contribution in [3.05, 3.63) is 42.6 Å². The zero-order valence-corrected chi connectivity index (χ0v) is 15.2. The van der Waals surface area contributed by atoms with Gasteiger partial charge in [-0.1, -0.05) is 23.9 Å². The molecule has 0 spiro atoms. The lowest BCUT2D eigenvalue weighted by atomic mass is 10.2. The third kappa shape index (κ3) is 4.07. The van der Waals surface area contributed by atoms with Crippen molar-refractivity contribution >= 4 is 48.1 Å². The van der Waals surface area contributed by atoms with Gasteiger partial charge in [-0.05, 0) is 51.3 Å². The monoisotopic (exact) mass is 357 g/mol. The first kappa shape index (κ1) is 19.1. The fourth-order valence-corrected chi connectivity index (χ4v) is 3.50. The number of hydrogen-bond donors (Lipinski definition) is 0. The van der Waals surface area contributed by atoms with Gasteiger partial charge < -0.3 is 9.80 Å². The van der Waals surface area contributed by atoms with Gasteiger partial charge in [0.15, 0.2) is 0 Å². The lowest BCUT2D eigenvalue weighted by Gasteiger charge is -2.31. The largest absolute Gasteiger partial charge is 0.324 e. The summed E-state index contributed by atoms with van der Waals surface area (Å²) >= 11 is 1.81. The van der Waals surface area contributed by atoms with Crippen molar-refractivity contribution in [3.8, 4) is 0 Å². The molecular formula is C16H21Cl2N3S. The number of hydrogen-bond acceptors (Lipinski definition) is 4. The van der Waals surface area contributed by atoms with Gasteiger partial charge in [0.25, 0.3) is 0 Å². The fourth-order valence-electron chi connectivity index (χ4n) is 2.44. The summed E-state index contributed by atoms with van der Waals surface area (Å²) in [6.45, 7) is 2.09. The molecule has 2 aromatic rings. The van der Waals surface area contributed by atoms with E-state index in [1.165, 1.54) is 15.5 Å².